The average molecular weight is 292 g/mol. The standard InChI is InChI=1S/C19H13FO2/c1-11-14-10-13(21-2)7-9-16(14)22-17-8-6-12-4-3-5-15(20)19(12)18(11)17/h3-10H,1H2,2H3. The van der Waals surface area contributed by atoms with Crippen LogP contribution in [0.1, 0.15) is 11.1 Å². The predicted molar refractivity (Wildman–Crippen MR) is 85.1 cm³/mol. The molecule has 108 valence electrons. The van der Waals surface area contributed by atoms with Gasteiger partial charge in [0.05, 0.1) is 7.11 Å². The van der Waals surface area contributed by atoms with Gasteiger partial charge in [0, 0.05) is 16.5 Å². The van der Waals surface area contributed by atoms with Crippen LogP contribution >= 0.6 is 0 Å². The van der Waals surface area contributed by atoms with Crippen molar-refractivity contribution in [3.8, 4) is 17.2 Å². The highest BCUT2D eigenvalue weighted by atomic mass is 19.1. The van der Waals surface area contributed by atoms with E-state index in [1.807, 2.05) is 36.4 Å². The molecule has 0 spiro atoms. The molecule has 0 atom stereocenters. The molecule has 1 aliphatic rings. The van der Waals surface area contributed by atoms with Gasteiger partial charge in [-0.05, 0) is 41.3 Å². The van der Waals surface area contributed by atoms with E-state index in [1.54, 1.807) is 13.2 Å². The Kier molecular flexibility index (Phi) is 2.70. The third-order valence-electron chi connectivity index (χ3n) is 3.99. The largest absolute Gasteiger partial charge is 0.497 e. The van der Waals surface area contributed by atoms with E-state index in [-0.39, 0.29) is 5.82 Å². The molecule has 0 N–H and O–H groups in total. The molecular weight excluding hydrogens is 279 g/mol. The number of halogens is 1. The van der Waals surface area contributed by atoms with Crippen molar-refractivity contribution in [2.24, 2.45) is 0 Å². The first kappa shape index (κ1) is 12.9. The average Bonchev–Trinajstić information content (AvgIpc) is 2.55. The fourth-order valence-electron chi connectivity index (χ4n) is 2.91. The van der Waals surface area contributed by atoms with Crippen molar-refractivity contribution in [3.63, 3.8) is 0 Å². The van der Waals surface area contributed by atoms with Crippen LogP contribution in [0.2, 0.25) is 0 Å². The minimum absolute atomic E-state index is 0.273. The highest BCUT2D eigenvalue weighted by molar-refractivity contribution is 6.02. The zero-order valence-corrected chi connectivity index (χ0v) is 12.0. The fourth-order valence-corrected chi connectivity index (χ4v) is 2.91. The third kappa shape index (κ3) is 1.72. The van der Waals surface area contributed by atoms with Crippen molar-refractivity contribution in [3.05, 3.63) is 72.1 Å². The number of fused-ring (bicyclic) bond motifs is 4. The Morgan fingerprint density at radius 2 is 1.86 bits per heavy atom. The molecule has 0 unspecified atom stereocenters. The van der Waals surface area contributed by atoms with Gasteiger partial charge in [-0.1, -0.05) is 24.8 Å². The number of ether oxygens (including phenoxy) is 2. The van der Waals surface area contributed by atoms with Gasteiger partial charge in [-0.3, -0.25) is 0 Å². The predicted octanol–water partition coefficient (Wildman–Crippen LogP) is 5.15. The Hall–Kier alpha value is -2.81. The Balaban J connectivity index is 2.02. The van der Waals surface area contributed by atoms with Crippen molar-refractivity contribution < 1.29 is 13.9 Å². The molecule has 3 aromatic carbocycles. The summed E-state index contributed by atoms with van der Waals surface area (Å²) in [6.45, 7) is 4.16. The molecule has 3 heteroatoms. The number of hydrogen-bond acceptors (Lipinski definition) is 2. The summed E-state index contributed by atoms with van der Waals surface area (Å²) in [5.41, 5.74) is 2.27. The van der Waals surface area contributed by atoms with E-state index in [1.165, 1.54) is 6.07 Å². The number of hydrogen-bond donors (Lipinski definition) is 0. The first-order valence-electron chi connectivity index (χ1n) is 6.96. The maximum atomic E-state index is 14.3. The van der Waals surface area contributed by atoms with Gasteiger partial charge in [0.25, 0.3) is 0 Å². The summed E-state index contributed by atoms with van der Waals surface area (Å²) in [5, 5.41) is 1.37. The molecule has 0 amide bonds. The monoisotopic (exact) mass is 292 g/mol. The second-order valence-electron chi connectivity index (χ2n) is 5.22. The lowest BCUT2D eigenvalue weighted by Crippen LogP contribution is -2.03. The van der Waals surface area contributed by atoms with Crippen LogP contribution in [0.15, 0.2) is 55.1 Å². The fraction of sp³-hybridized carbons (Fsp3) is 0.0526. The molecular formula is C19H13FO2. The number of benzene rings is 3. The van der Waals surface area contributed by atoms with Gasteiger partial charge in [-0.15, -0.1) is 0 Å². The Morgan fingerprint density at radius 1 is 1.05 bits per heavy atom. The minimum Gasteiger partial charge on any atom is -0.497 e. The maximum Gasteiger partial charge on any atom is 0.136 e. The SMILES string of the molecule is C=C1c2cc(OC)ccc2Oc2ccc3cccc(F)c3c21. The molecule has 1 heterocycles. The van der Waals surface area contributed by atoms with Gasteiger partial charge in [0.2, 0.25) is 0 Å². The van der Waals surface area contributed by atoms with Crippen molar-refractivity contribution in [2.45, 2.75) is 0 Å². The summed E-state index contributed by atoms with van der Waals surface area (Å²) in [4.78, 5) is 0. The zero-order chi connectivity index (χ0) is 15.3. The number of rotatable bonds is 1. The second-order valence-corrected chi connectivity index (χ2v) is 5.22. The molecule has 22 heavy (non-hydrogen) atoms. The molecule has 0 radical (unpaired) electrons. The summed E-state index contributed by atoms with van der Waals surface area (Å²) in [6, 6.07) is 14.3. The van der Waals surface area contributed by atoms with Gasteiger partial charge in [-0.25, -0.2) is 4.39 Å². The van der Waals surface area contributed by atoms with Gasteiger partial charge < -0.3 is 9.47 Å². The minimum atomic E-state index is -0.273. The van der Waals surface area contributed by atoms with Crippen LogP contribution in [0, 0.1) is 5.82 Å². The highest BCUT2D eigenvalue weighted by Gasteiger charge is 2.24. The normalized spacial score (nSPS) is 12.5. The van der Waals surface area contributed by atoms with E-state index in [9.17, 15) is 4.39 Å². The first-order valence-corrected chi connectivity index (χ1v) is 6.96. The molecule has 0 fully saturated rings. The van der Waals surface area contributed by atoms with E-state index >= 15 is 0 Å². The summed E-state index contributed by atoms with van der Waals surface area (Å²) >= 11 is 0. The summed E-state index contributed by atoms with van der Waals surface area (Å²) < 4.78 is 25.5. The molecule has 2 nitrogen and oxygen atoms in total. The van der Waals surface area contributed by atoms with Gasteiger partial charge in [0.15, 0.2) is 0 Å². The van der Waals surface area contributed by atoms with Crippen LogP contribution in [0.4, 0.5) is 4.39 Å². The lowest BCUT2D eigenvalue weighted by Gasteiger charge is -2.24. The summed E-state index contributed by atoms with van der Waals surface area (Å²) in [5.74, 6) is 1.77. The second kappa shape index (κ2) is 4.60. The first-order chi connectivity index (χ1) is 10.7. The van der Waals surface area contributed by atoms with Crippen molar-refractivity contribution in [2.75, 3.05) is 7.11 Å². The highest BCUT2D eigenvalue weighted by Crippen LogP contribution is 2.47. The molecule has 0 saturated carbocycles. The lowest BCUT2D eigenvalue weighted by molar-refractivity contribution is 0.412. The smallest absolute Gasteiger partial charge is 0.136 e. The van der Waals surface area contributed by atoms with Crippen LogP contribution < -0.4 is 9.47 Å². The van der Waals surface area contributed by atoms with Crippen LogP contribution in [0.5, 0.6) is 17.2 Å². The van der Waals surface area contributed by atoms with E-state index in [0.717, 1.165) is 16.5 Å². The zero-order valence-electron chi connectivity index (χ0n) is 12.0. The molecule has 0 saturated heterocycles. The van der Waals surface area contributed by atoms with Crippen molar-refractivity contribution in [1.29, 1.82) is 0 Å². The van der Waals surface area contributed by atoms with Crippen molar-refractivity contribution >= 4 is 16.3 Å². The Labute approximate surface area is 127 Å². The molecule has 0 aliphatic carbocycles. The van der Waals surface area contributed by atoms with E-state index in [2.05, 4.69) is 6.58 Å². The van der Waals surface area contributed by atoms with Crippen LogP contribution in [-0.2, 0) is 0 Å². The summed E-state index contributed by atoms with van der Waals surface area (Å²) in [7, 11) is 1.61. The van der Waals surface area contributed by atoms with E-state index in [0.29, 0.717) is 28.2 Å². The van der Waals surface area contributed by atoms with Gasteiger partial charge >= 0.3 is 0 Å². The quantitative estimate of drug-likeness (QED) is 0.483. The molecule has 0 bridgehead atoms. The molecule has 0 aromatic heterocycles. The topological polar surface area (TPSA) is 18.5 Å². The van der Waals surface area contributed by atoms with Gasteiger partial charge in [-0.2, -0.15) is 0 Å². The third-order valence-corrected chi connectivity index (χ3v) is 3.99. The van der Waals surface area contributed by atoms with Crippen LogP contribution in [-0.4, -0.2) is 7.11 Å². The lowest BCUT2D eigenvalue weighted by atomic mass is 9.91. The molecule has 3 aromatic rings. The van der Waals surface area contributed by atoms with E-state index < -0.39 is 0 Å². The van der Waals surface area contributed by atoms with E-state index in [4.69, 9.17) is 9.47 Å². The molecule has 4 rings (SSSR count). The molecule has 1 aliphatic heterocycles. The van der Waals surface area contributed by atoms with Crippen molar-refractivity contribution in [1.82, 2.24) is 0 Å². The Morgan fingerprint density at radius 3 is 2.68 bits per heavy atom. The maximum absolute atomic E-state index is 14.3. The van der Waals surface area contributed by atoms with Crippen LogP contribution in [0.3, 0.4) is 0 Å². The van der Waals surface area contributed by atoms with Gasteiger partial charge in [0.1, 0.15) is 23.1 Å². The number of methoxy groups -OCH3 is 1. The summed E-state index contributed by atoms with van der Waals surface area (Å²) in [6.07, 6.45) is 0. The van der Waals surface area contributed by atoms with Crippen LogP contribution in [0.25, 0.3) is 16.3 Å². The Bertz CT molecular complexity index is 928.